The lowest BCUT2D eigenvalue weighted by Gasteiger charge is -2.36. The fourth-order valence-electron chi connectivity index (χ4n) is 3.70. The van der Waals surface area contributed by atoms with Gasteiger partial charge in [-0.1, -0.05) is 24.3 Å². The maximum Gasteiger partial charge on any atom is 0.254 e. The summed E-state index contributed by atoms with van der Waals surface area (Å²) in [5, 5.41) is 18.7. The second-order valence-corrected chi connectivity index (χ2v) is 7.08. The van der Waals surface area contributed by atoms with Gasteiger partial charge in [-0.05, 0) is 49.4 Å². The number of benzene rings is 2. The van der Waals surface area contributed by atoms with Crippen LogP contribution in [0.15, 0.2) is 42.5 Å². The van der Waals surface area contributed by atoms with Gasteiger partial charge in [-0.2, -0.15) is 5.26 Å². The SMILES string of the molecule is N#CCCc1ccccc1C(=O)N1CCCCC1COc1cccc(O)c1C=O. The Morgan fingerprint density at radius 3 is 2.86 bits per heavy atom. The molecule has 0 saturated carbocycles. The van der Waals surface area contributed by atoms with Gasteiger partial charge >= 0.3 is 0 Å². The summed E-state index contributed by atoms with van der Waals surface area (Å²) in [6.07, 6.45) is 4.20. The first-order chi connectivity index (χ1) is 14.2. The van der Waals surface area contributed by atoms with Crippen molar-refractivity contribution < 1.29 is 19.4 Å². The van der Waals surface area contributed by atoms with Crippen molar-refractivity contribution in [3.63, 3.8) is 0 Å². The zero-order valence-electron chi connectivity index (χ0n) is 16.2. The molecule has 3 rings (SSSR count). The van der Waals surface area contributed by atoms with E-state index in [0.717, 1.165) is 24.8 Å². The van der Waals surface area contributed by atoms with Gasteiger partial charge in [0.05, 0.1) is 17.7 Å². The number of aldehydes is 1. The molecule has 1 saturated heterocycles. The predicted molar refractivity (Wildman–Crippen MR) is 108 cm³/mol. The van der Waals surface area contributed by atoms with Crippen LogP contribution in [0.5, 0.6) is 11.5 Å². The topological polar surface area (TPSA) is 90.6 Å². The number of carbonyl (C=O) groups is 2. The zero-order valence-corrected chi connectivity index (χ0v) is 16.2. The van der Waals surface area contributed by atoms with E-state index >= 15 is 0 Å². The van der Waals surface area contributed by atoms with E-state index in [2.05, 4.69) is 6.07 Å². The number of phenolic OH excluding ortho intramolecular Hbond substituents is 1. The number of nitriles is 1. The van der Waals surface area contributed by atoms with Crippen LogP contribution in [0.25, 0.3) is 0 Å². The molecule has 6 nitrogen and oxygen atoms in total. The summed E-state index contributed by atoms with van der Waals surface area (Å²) in [6, 6.07) is 14.1. The van der Waals surface area contributed by atoms with Gasteiger partial charge in [0.1, 0.15) is 18.1 Å². The Morgan fingerprint density at radius 1 is 1.24 bits per heavy atom. The van der Waals surface area contributed by atoms with Crippen LogP contribution in [0.1, 0.15) is 52.0 Å². The molecule has 1 fully saturated rings. The molecular formula is C23H24N2O4. The molecule has 2 aromatic carbocycles. The van der Waals surface area contributed by atoms with E-state index in [9.17, 15) is 14.7 Å². The van der Waals surface area contributed by atoms with E-state index < -0.39 is 0 Å². The van der Waals surface area contributed by atoms with Crippen LogP contribution >= 0.6 is 0 Å². The van der Waals surface area contributed by atoms with Gasteiger partial charge in [-0.25, -0.2) is 0 Å². The average molecular weight is 392 g/mol. The highest BCUT2D eigenvalue weighted by atomic mass is 16.5. The molecule has 1 atom stereocenters. The first-order valence-electron chi connectivity index (χ1n) is 9.81. The molecule has 0 spiro atoms. The van der Waals surface area contributed by atoms with Crippen molar-refractivity contribution in [1.82, 2.24) is 4.90 Å². The summed E-state index contributed by atoms with van der Waals surface area (Å²) in [5.74, 6) is 0.131. The molecule has 1 N–H and O–H groups in total. The lowest BCUT2D eigenvalue weighted by molar-refractivity contribution is 0.0525. The Kier molecular flexibility index (Phi) is 6.85. The van der Waals surface area contributed by atoms with Gasteiger partial charge in [-0.3, -0.25) is 9.59 Å². The predicted octanol–water partition coefficient (Wildman–Crippen LogP) is 3.73. The third-order valence-corrected chi connectivity index (χ3v) is 5.23. The number of carbonyl (C=O) groups excluding carboxylic acids is 2. The molecule has 0 bridgehead atoms. The molecule has 0 radical (unpaired) electrons. The minimum Gasteiger partial charge on any atom is -0.507 e. The van der Waals surface area contributed by atoms with Gasteiger partial charge in [-0.15, -0.1) is 0 Å². The number of ether oxygens (including phenoxy) is 1. The first-order valence-corrected chi connectivity index (χ1v) is 9.81. The van der Waals surface area contributed by atoms with Gasteiger partial charge in [0, 0.05) is 18.5 Å². The molecule has 0 aromatic heterocycles. The Morgan fingerprint density at radius 2 is 2.07 bits per heavy atom. The average Bonchev–Trinajstić information content (AvgIpc) is 2.76. The van der Waals surface area contributed by atoms with E-state index in [-0.39, 0.29) is 29.9 Å². The Bertz CT molecular complexity index is 919. The van der Waals surface area contributed by atoms with Crippen molar-refractivity contribution in [3.8, 4) is 17.6 Å². The minimum absolute atomic E-state index is 0.0571. The van der Waals surface area contributed by atoms with Crippen LogP contribution in [-0.4, -0.2) is 41.4 Å². The van der Waals surface area contributed by atoms with E-state index in [0.29, 0.717) is 37.0 Å². The number of amides is 1. The molecule has 2 aromatic rings. The van der Waals surface area contributed by atoms with Crippen LogP contribution in [0, 0.1) is 11.3 Å². The fourth-order valence-corrected chi connectivity index (χ4v) is 3.70. The number of likely N-dealkylation sites (tertiary alicyclic amines) is 1. The molecule has 6 heteroatoms. The summed E-state index contributed by atoms with van der Waals surface area (Å²) in [7, 11) is 0. The smallest absolute Gasteiger partial charge is 0.254 e. The molecule has 1 heterocycles. The molecule has 0 aliphatic carbocycles. The standard InChI is InChI=1S/C23H24N2O4/c24-13-6-8-17-7-1-2-10-19(17)23(28)25-14-4-3-9-18(25)16-29-22-12-5-11-21(27)20(22)15-26/h1-2,5,7,10-12,15,18,27H,3-4,6,8-9,14,16H2. The van der Waals surface area contributed by atoms with Gasteiger partial charge in [0.25, 0.3) is 5.91 Å². The van der Waals surface area contributed by atoms with Crippen LogP contribution < -0.4 is 4.74 Å². The highest BCUT2D eigenvalue weighted by molar-refractivity contribution is 5.96. The van der Waals surface area contributed by atoms with Crippen LogP contribution in [0.2, 0.25) is 0 Å². The maximum atomic E-state index is 13.3. The molecule has 29 heavy (non-hydrogen) atoms. The van der Waals surface area contributed by atoms with E-state index in [1.807, 2.05) is 23.1 Å². The molecular weight excluding hydrogens is 368 g/mol. The zero-order chi connectivity index (χ0) is 20.6. The summed E-state index contributed by atoms with van der Waals surface area (Å²) in [5.41, 5.74) is 1.61. The Balaban J connectivity index is 1.77. The van der Waals surface area contributed by atoms with Crippen LogP contribution in [0.3, 0.4) is 0 Å². The van der Waals surface area contributed by atoms with Crippen molar-refractivity contribution in [1.29, 1.82) is 5.26 Å². The molecule has 1 unspecified atom stereocenters. The molecule has 150 valence electrons. The quantitative estimate of drug-likeness (QED) is 0.725. The van der Waals surface area contributed by atoms with Gasteiger partial charge < -0.3 is 14.7 Å². The maximum absolute atomic E-state index is 13.3. The minimum atomic E-state index is -0.125. The number of nitrogens with zero attached hydrogens (tertiary/aromatic N) is 2. The van der Waals surface area contributed by atoms with E-state index in [1.165, 1.54) is 6.07 Å². The van der Waals surface area contributed by atoms with Crippen LogP contribution in [0.4, 0.5) is 0 Å². The second-order valence-electron chi connectivity index (χ2n) is 7.08. The molecule has 1 amide bonds. The van der Waals surface area contributed by atoms with Crippen molar-refractivity contribution in [2.24, 2.45) is 0 Å². The second kappa shape index (κ2) is 9.74. The van der Waals surface area contributed by atoms with E-state index in [1.54, 1.807) is 18.2 Å². The largest absolute Gasteiger partial charge is 0.507 e. The van der Waals surface area contributed by atoms with Gasteiger partial charge in [0.2, 0.25) is 0 Å². The number of aryl methyl sites for hydroxylation is 1. The van der Waals surface area contributed by atoms with Crippen molar-refractivity contribution in [3.05, 3.63) is 59.2 Å². The normalized spacial score (nSPS) is 16.1. The fraction of sp³-hybridized carbons (Fsp3) is 0.348. The highest BCUT2D eigenvalue weighted by Gasteiger charge is 2.29. The summed E-state index contributed by atoms with van der Waals surface area (Å²) < 4.78 is 5.83. The third kappa shape index (κ3) is 4.75. The number of hydrogen-bond acceptors (Lipinski definition) is 5. The third-order valence-electron chi connectivity index (χ3n) is 5.23. The lowest BCUT2D eigenvalue weighted by atomic mass is 9.98. The summed E-state index contributed by atoms with van der Waals surface area (Å²) >= 11 is 0. The van der Waals surface area contributed by atoms with E-state index in [4.69, 9.17) is 10.00 Å². The summed E-state index contributed by atoms with van der Waals surface area (Å²) in [6.45, 7) is 0.885. The number of piperidine rings is 1. The number of aromatic hydroxyl groups is 1. The Hall–Kier alpha value is -3.33. The first kappa shape index (κ1) is 20.4. The molecule has 1 aliphatic heterocycles. The van der Waals surface area contributed by atoms with Crippen molar-refractivity contribution in [2.45, 2.75) is 38.1 Å². The number of rotatable bonds is 7. The highest BCUT2D eigenvalue weighted by Crippen LogP contribution is 2.27. The lowest BCUT2D eigenvalue weighted by Crippen LogP contribution is -2.47. The number of hydrogen-bond donors (Lipinski definition) is 1. The van der Waals surface area contributed by atoms with Crippen LogP contribution in [-0.2, 0) is 6.42 Å². The van der Waals surface area contributed by atoms with Crippen molar-refractivity contribution in [2.75, 3.05) is 13.2 Å². The molecule has 1 aliphatic rings. The summed E-state index contributed by atoms with van der Waals surface area (Å²) in [4.78, 5) is 26.4. The van der Waals surface area contributed by atoms with Gasteiger partial charge in [0.15, 0.2) is 6.29 Å². The van der Waals surface area contributed by atoms with Crippen molar-refractivity contribution >= 4 is 12.2 Å². The number of phenols is 1. The monoisotopic (exact) mass is 392 g/mol. The Labute approximate surface area is 170 Å².